The third-order valence-corrected chi connectivity index (χ3v) is 10.4. The van der Waals surface area contributed by atoms with Gasteiger partial charge >= 0.3 is 0 Å². The van der Waals surface area contributed by atoms with Gasteiger partial charge in [-0.05, 0) is 85.4 Å². The van der Waals surface area contributed by atoms with Crippen molar-refractivity contribution < 1.29 is 9.59 Å². The Kier molecular flexibility index (Phi) is 8.68. The molecule has 212 valence electrons. The van der Waals surface area contributed by atoms with Crippen LogP contribution in [0, 0.1) is 5.92 Å². The predicted octanol–water partition coefficient (Wildman–Crippen LogP) is 8.27. The van der Waals surface area contributed by atoms with E-state index in [2.05, 4.69) is 34.6 Å². The van der Waals surface area contributed by atoms with Crippen LogP contribution in [0.2, 0.25) is 5.02 Å². The topological polar surface area (TPSA) is 62.3 Å². The minimum Gasteiger partial charge on any atom is -0.353 e. The number of hydrogen-bond acceptors (Lipinski definition) is 4. The molecule has 2 heterocycles. The number of fused-ring (bicyclic) bond motifs is 1. The van der Waals surface area contributed by atoms with Crippen molar-refractivity contribution in [1.29, 1.82) is 0 Å². The monoisotopic (exact) mass is 585 g/mol. The minimum absolute atomic E-state index is 0.0146. The minimum atomic E-state index is -0.0146. The SMILES string of the molecule is O=C(CC1CCCC1)NC1CCC(N(Cc2cccc(-c3ccncc3)c2)C(=O)c2sc3ccccc3c2Cl)CC1. The third kappa shape index (κ3) is 6.49. The Morgan fingerprint density at radius 3 is 2.41 bits per heavy atom. The lowest BCUT2D eigenvalue weighted by molar-refractivity contribution is -0.123. The summed E-state index contributed by atoms with van der Waals surface area (Å²) >= 11 is 8.27. The van der Waals surface area contributed by atoms with Gasteiger partial charge in [0.2, 0.25) is 5.91 Å². The van der Waals surface area contributed by atoms with E-state index in [-0.39, 0.29) is 23.9 Å². The molecule has 0 aliphatic heterocycles. The Balaban J connectivity index is 1.21. The zero-order valence-corrected chi connectivity index (χ0v) is 24.8. The Bertz CT molecular complexity index is 1510. The summed E-state index contributed by atoms with van der Waals surface area (Å²) in [6.07, 6.45) is 12.6. The van der Waals surface area contributed by atoms with Gasteiger partial charge in [0.05, 0.1) is 5.02 Å². The first-order valence-corrected chi connectivity index (χ1v) is 16.0. The molecule has 2 aromatic carbocycles. The van der Waals surface area contributed by atoms with Gasteiger partial charge in [-0.2, -0.15) is 0 Å². The van der Waals surface area contributed by atoms with Crippen LogP contribution in [0.25, 0.3) is 21.2 Å². The Morgan fingerprint density at radius 1 is 0.902 bits per heavy atom. The summed E-state index contributed by atoms with van der Waals surface area (Å²) in [5.74, 6) is 0.728. The van der Waals surface area contributed by atoms with Crippen LogP contribution >= 0.6 is 22.9 Å². The van der Waals surface area contributed by atoms with E-state index in [0.29, 0.717) is 28.8 Å². The molecular weight excluding hydrogens is 550 g/mol. The molecule has 0 bridgehead atoms. The smallest absolute Gasteiger partial charge is 0.266 e. The molecule has 0 radical (unpaired) electrons. The van der Waals surface area contributed by atoms with Crippen molar-refractivity contribution in [2.75, 3.05) is 0 Å². The number of thiophene rings is 1. The lowest BCUT2D eigenvalue weighted by atomic mass is 9.89. The maximum Gasteiger partial charge on any atom is 0.266 e. The second-order valence-corrected chi connectivity index (χ2v) is 13.0. The lowest BCUT2D eigenvalue weighted by Crippen LogP contribution is -2.46. The number of rotatable bonds is 8. The van der Waals surface area contributed by atoms with Crippen molar-refractivity contribution >= 4 is 44.8 Å². The van der Waals surface area contributed by atoms with Crippen LogP contribution in [0.1, 0.15) is 73.0 Å². The molecule has 6 rings (SSSR count). The summed E-state index contributed by atoms with van der Waals surface area (Å²) in [6.45, 7) is 0.506. The van der Waals surface area contributed by atoms with Crippen LogP contribution in [0.15, 0.2) is 73.1 Å². The van der Waals surface area contributed by atoms with Crippen LogP contribution in [0.5, 0.6) is 0 Å². The second kappa shape index (κ2) is 12.7. The molecule has 2 aliphatic rings. The van der Waals surface area contributed by atoms with Gasteiger partial charge in [0.25, 0.3) is 5.91 Å². The first kappa shape index (κ1) is 27.9. The van der Waals surface area contributed by atoms with E-state index >= 15 is 0 Å². The summed E-state index contributed by atoms with van der Waals surface area (Å²) in [5, 5.41) is 4.77. The second-order valence-electron chi connectivity index (χ2n) is 11.5. The largest absolute Gasteiger partial charge is 0.353 e. The number of pyridine rings is 1. The van der Waals surface area contributed by atoms with Crippen molar-refractivity contribution in [3.05, 3.63) is 88.5 Å². The Hall–Kier alpha value is -3.22. The number of carbonyl (C=O) groups is 2. The van der Waals surface area contributed by atoms with Gasteiger partial charge in [0.15, 0.2) is 0 Å². The normalized spacial score (nSPS) is 19.3. The fourth-order valence-electron chi connectivity index (χ4n) is 6.53. The summed E-state index contributed by atoms with van der Waals surface area (Å²) in [7, 11) is 0. The van der Waals surface area contributed by atoms with Gasteiger partial charge in [0, 0.05) is 47.5 Å². The summed E-state index contributed by atoms with van der Waals surface area (Å²) in [6, 6.07) is 20.6. The van der Waals surface area contributed by atoms with E-state index in [0.717, 1.165) is 52.5 Å². The molecular formula is C34H36ClN3O2S. The molecule has 2 fully saturated rings. The van der Waals surface area contributed by atoms with E-state index in [1.165, 1.54) is 37.0 Å². The van der Waals surface area contributed by atoms with Crippen LogP contribution in [-0.2, 0) is 11.3 Å². The van der Waals surface area contributed by atoms with Crippen LogP contribution in [0.4, 0.5) is 0 Å². The molecule has 41 heavy (non-hydrogen) atoms. The van der Waals surface area contributed by atoms with Gasteiger partial charge in [-0.1, -0.05) is 60.8 Å². The molecule has 7 heteroatoms. The van der Waals surface area contributed by atoms with Crippen molar-refractivity contribution in [1.82, 2.24) is 15.2 Å². The molecule has 0 atom stereocenters. The van der Waals surface area contributed by atoms with Crippen molar-refractivity contribution in [2.24, 2.45) is 5.92 Å². The van der Waals surface area contributed by atoms with Crippen LogP contribution in [0.3, 0.4) is 0 Å². The zero-order valence-electron chi connectivity index (χ0n) is 23.2. The van der Waals surface area contributed by atoms with E-state index in [4.69, 9.17) is 11.6 Å². The summed E-state index contributed by atoms with van der Waals surface area (Å²) < 4.78 is 1.02. The highest BCUT2D eigenvalue weighted by Crippen LogP contribution is 2.38. The van der Waals surface area contributed by atoms with E-state index in [9.17, 15) is 9.59 Å². The molecule has 5 nitrogen and oxygen atoms in total. The van der Waals surface area contributed by atoms with Crippen molar-refractivity contribution in [3.63, 3.8) is 0 Å². The van der Waals surface area contributed by atoms with Crippen molar-refractivity contribution in [3.8, 4) is 11.1 Å². The highest BCUT2D eigenvalue weighted by molar-refractivity contribution is 7.21. The van der Waals surface area contributed by atoms with Gasteiger partial charge < -0.3 is 10.2 Å². The number of hydrogen-bond donors (Lipinski definition) is 1. The lowest BCUT2D eigenvalue weighted by Gasteiger charge is -2.37. The van der Waals surface area contributed by atoms with Gasteiger partial charge in [-0.15, -0.1) is 11.3 Å². The molecule has 2 amide bonds. The van der Waals surface area contributed by atoms with E-state index < -0.39 is 0 Å². The van der Waals surface area contributed by atoms with Crippen molar-refractivity contribution in [2.45, 2.75) is 76.4 Å². The first-order chi connectivity index (χ1) is 20.0. The molecule has 0 unspecified atom stereocenters. The fourth-order valence-corrected chi connectivity index (χ4v) is 8.00. The standard InChI is InChI=1S/C34H36ClN3O2S/c35-32-29-10-3-4-11-30(29)41-33(32)34(40)38(22-24-8-5-9-26(20-24)25-16-18-36-19-17-25)28-14-12-27(13-15-28)37-31(39)21-23-6-1-2-7-23/h3-5,8-11,16-20,23,27-28H,1-2,6-7,12-15,21-22H2,(H,37,39). The van der Waals surface area contributed by atoms with E-state index in [1.54, 1.807) is 12.4 Å². The average Bonchev–Trinajstić information content (AvgIpc) is 3.64. The average molecular weight is 586 g/mol. The Morgan fingerprint density at radius 2 is 1.66 bits per heavy atom. The number of benzene rings is 2. The maximum absolute atomic E-state index is 14.2. The Labute approximate surface area is 250 Å². The first-order valence-electron chi connectivity index (χ1n) is 14.8. The number of nitrogens with zero attached hydrogens (tertiary/aromatic N) is 2. The molecule has 4 aromatic rings. The molecule has 1 N–H and O–H groups in total. The zero-order chi connectivity index (χ0) is 28.2. The fraction of sp³-hybridized carbons (Fsp3) is 0.382. The maximum atomic E-state index is 14.2. The van der Waals surface area contributed by atoms with Crippen LogP contribution < -0.4 is 5.32 Å². The molecule has 2 saturated carbocycles. The predicted molar refractivity (Wildman–Crippen MR) is 167 cm³/mol. The highest BCUT2D eigenvalue weighted by atomic mass is 35.5. The number of nitrogens with one attached hydrogen (secondary N) is 1. The number of carbonyl (C=O) groups excluding carboxylic acids is 2. The van der Waals surface area contributed by atoms with Crippen LogP contribution in [-0.4, -0.2) is 33.8 Å². The molecule has 0 spiro atoms. The summed E-state index contributed by atoms with van der Waals surface area (Å²) in [4.78, 5) is 33.7. The highest BCUT2D eigenvalue weighted by Gasteiger charge is 2.32. The molecule has 2 aliphatic carbocycles. The molecule has 0 saturated heterocycles. The van der Waals surface area contributed by atoms with Gasteiger partial charge in [-0.3, -0.25) is 14.6 Å². The number of amides is 2. The number of halogens is 1. The quantitative estimate of drug-likeness (QED) is 0.226. The summed E-state index contributed by atoms with van der Waals surface area (Å²) in [5.41, 5.74) is 3.28. The van der Waals surface area contributed by atoms with Gasteiger partial charge in [-0.25, -0.2) is 0 Å². The number of aromatic nitrogens is 1. The van der Waals surface area contributed by atoms with Gasteiger partial charge in [0.1, 0.15) is 4.88 Å². The molecule has 2 aromatic heterocycles. The third-order valence-electron chi connectivity index (χ3n) is 8.73. The van der Waals surface area contributed by atoms with E-state index in [1.807, 2.05) is 41.3 Å².